The zero-order chi connectivity index (χ0) is 21.8. The first kappa shape index (κ1) is 22.6. The lowest BCUT2D eigenvalue weighted by Crippen LogP contribution is -2.35. The summed E-state index contributed by atoms with van der Waals surface area (Å²) in [4.78, 5) is 19.2. The predicted molar refractivity (Wildman–Crippen MR) is 127 cm³/mol. The van der Waals surface area contributed by atoms with Crippen LogP contribution in [0.5, 0.6) is 0 Å². The number of fused-ring (bicyclic) bond motifs is 1. The van der Waals surface area contributed by atoms with Crippen molar-refractivity contribution in [3.05, 3.63) is 29.8 Å². The highest BCUT2D eigenvalue weighted by atomic mass is 32.2. The van der Waals surface area contributed by atoms with Gasteiger partial charge in [0.15, 0.2) is 15.0 Å². The maximum absolute atomic E-state index is 12.2. The third-order valence-corrected chi connectivity index (χ3v) is 9.38. The Morgan fingerprint density at radius 3 is 2.65 bits per heavy atom. The first-order chi connectivity index (χ1) is 14.9. The number of sulfone groups is 1. The average Bonchev–Trinajstić information content (AvgIpc) is 3.20. The minimum Gasteiger partial charge on any atom is -0.356 e. The molecule has 1 aromatic rings. The van der Waals surface area contributed by atoms with Gasteiger partial charge in [0.05, 0.1) is 24.0 Å². The van der Waals surface area contributed by atoms with Gasteiger partial charge in [0.2, 0.25) is 5.91 Å². The molecule has 1 aromatic carbocycles. The highest BCUT2D eigenvalue weighted by Crippen LogP contribution is 2.34. The Balaban J connectivity index is 1.15. The number of hydrogen-bond acceptors (Lipinski definition) is 7. The number of carbonyl (C=O) groups excluding carboxylic acids is 1. The fraction of sp³-hybridized carbons (Fsp3) is 0.636. The van der Waals surface area contributed by atoms with Crippen LogP contribution >= 0.6 is 11.8 Å². The first-order valence-electron chi connectivity index (χ1n) is 11.2. The number of nitrogens with one attached hydrogen (secondary N) is 2. The molecule has 2 fully saturated rings. The third-order valence-electron chi connectivity index (χ3n) is 6.24. The molecule has 3 aliphatic heterocycles. The molecule has 2 saturated heterocycles. The molecule has 0 bridgehead atoms. The highest BCUT2D eigenvalue weighted by molar-refractivity contribution is 8.15. The Morgan fingerprint density at radius 2 is 1.94 bits per heavy atom. The highest BCUT2D eigenvalue weighted by Gasteiger charge is 2.42. The summed E-state index contributed by atoms with van der Waals surface area (Å²) in [5.41, 5.74) is 1.87. The van der Waals surface area contributed by atoms with Crippen molar-refractivity contribution < 1.29 is 13.2 Å². The van der Waals surface area contributed by atoms with Crippen LogP contribution in [0.25, 0.3) is 0 Å². The number of rotatable bonds is 7. The van der Waals surface area contributed by atoms with Gasteiger partial charge in [0.1, 0.15) is 0 Å². The summed E-state index contributed by atoms with van der Waals surface area (Å²) in [7, 11) is -2.93. The second-order valence-electron chi connectivity index (χ2n) is 8.96. The molecule has 3 heterocycles. The van der Waals surface area contributed by atoms with Gasteiger partial charge < -0.3 is 15.5 Å². The van der Waals surface area contributed by atoms with Gasteiger partial charge in [-0.15, -0.1) is 0 Å². The number of hydrogen-bond donors (Lipinski definition) is 2. The van der Waals surface area contributed by atoms with Crippen molar-refractivity contribution in [2.45, 2.75) is 43.9 Å². The van der Waals surface area contributed by atoms with E-state index < -0.39 is 9.84 Å². The summed E-state index contributed by atoms with van der Waals surface area (Å²) in [6.07, 6.45) is 3.93. The van der Waals surface area contributed by atoms with E-state index in [1.807, 2.05) is 24.3 Å². The fourth-order valence-electron chi connectivity index (χ4n) is 4.31. The van der Waals surface area contributed by atoms with Gasteiger partial charge in [-0.25, -0.2) is 8.42 Å². The summed E-state index contributed by atoms with van der Waals surface area (Å²) < 4.78 is 23.3. The van der Waals surface area contributed by atoms with Crippen LogP contribution in [0.2, 0.25) is 0 Å². The second-order valence-corrected chi connectivity index (χ2v) is 12.3. The normalized spacial score (nSPS) is 25.8. The molecule has 2 atom stereocenters. The van der Waals surface area contributed by atoms with Gasteiger partial charge in [-0.2, -0.15) is 0 Å². The minimum atomic E-state index is -2.93. The van der Waals surface area contributed by atoms with Gasteiger partial charge in [-0.3, -0.25) is 9.79 Å². The number of likely N-dealkylation sites (tertiary alicyclic amines) is 1. The van der Waals surface area contributed by atoms with Gasteiger partial charge in [-0.1, -0.05) is 30.8 Å². The van der Waals surface area contributed by atoms with Crippen molar-refractivity contribution in [3.8, 4) is 0 Å². The van der Waals surface area contributed by atoms with Crippen molar-refractivity contribution in [3.63, 3.8) is 0 Å². The maximum atomic E-state index is 12.2. The lowest BCUT2D eigenvalue weighted by Gasteiger charge is -2.30. The van der Waals surface area contributed by atoms with Gasteiger partial charge in [-0.05, 0) is 62.5 Å². The average molecular weight is 465 g/mol. The molecule has 4 rings (SSSR count). The van der Waals surface area contributed by atoms with E-state index in [4.69, 9.17) is 0 Å². The van der Waals surface area contributed by atoms with E-state index >= 15 is 0 Å². The Morgan fingerprint density at radius 1 is 1.19 bits per heavy atom. The van der Waals surface area contributed by atoms with E-state index in [2.05, 4.69) is 27.4 Å². The Hall–Kier alpha value is -1.58. The van der Waals surface area contributed by atoms with Crippen molar-refractivity contribution >= 4 is 38.4 Å². The standard InChI is InChI=1S/C22H32N4O3S2/c1-16-7-11-26(12-8-16)10-2-9-23-21(27)13-17-3-5-18(6-4-17)24-22-25-19-14-31(28,29)15-20(19)30-22/h3-6,16,19-20H,2,7-15H2,1H3,(H,23,27)(H,24,25)/t19-,20-/m0/s1. The van der Waals surface area contributed by atoms with Crippen LogP contribution in [0.3, 0.4) is 0 Å². The van der Waals surface area contributed by atoms with E-state index in [1.165, 1.54) is 37.7 Å². The van der Waals surface area contributed by atoms with Crippen LogP contribution in [0.4, 0.5) is 5.69 Å². The number of carbonyl (C=O) groups is 1. The predicted octanol–water partition coefficient (Wildman–Crippen LogP) is 2.15. The lowest BCUT2D eigenvalue weighted by molar-refractivity contribution is -0.120. The summed E-state index contributed by atoms with van der Waals surface area (Å²) >= 11 is 1.51. The number of piperidine rings is 1. The van der Waals surface area contributed by atoms with E-state index in [1.54, 1.807) is 0 Å². The molecule has 0 aromatic heterocycles. The number of amides is 1. The van der Waals surface area contributed by atoms with Crippen LogP contribution in [0.15, 0.2) is 29.3 Å². The number of nitrogens with zero attached hydrogens (tertiary/aromatic N) is 2. The number of aliphatic imine (C=N–C) groups is 1. The maximum Gasteiger partial charge on any atom is 0.224 e. The first-order valence-corrected chi connectivity index (χ1v) is 13.9. The SMILES string of the molecule is CC1CCN(CCCNC(=O)Cc2ccc(NC3=N[C@H]4CS(=O)(=O)C[C@@H]4S3)cc2)CC1. The smallest absolute Gasteiger partial charge is 0.224 e. The molecule has 1 amide bonds. The lowest BCUT2D eigenvalue weighted by atomic mass is 9.99. The molecule has 2 N–H and O–H groups in total. The molecule has 170 valence electrons. The number of anilines is 1. The molecule has 0 spiro atoms. The number of benzene rings is 1. The Labute approximate surface area is 189 Å². The van der Waals surface area contributed by atoms with Gasteiger partial charge in [0.25, 0.3) is 0 Å². The summed E-state index contributed by atoms with van der Waals surface area (Å²) in [6, 6.07) is 7.64. The third kappa shape index (κ3) is 6.46. The molecule has 9 heteroatoms. The van der Waals surface area contributed by atoms with Crippen molar-refractivity contribution in [1.29, 1.82) is 0 Å². The number of thioether (sulfide) groups is 1. The molecule has 0 saturated carbocycles. The molecule has 3 aliphatic rings. The summed E-state index contributed by atoms with van der Waals surface area (Å²) in [6.45, 7) is 6.46. The second kappa shape index (κ2) is 9.92. The van der Waals surface area contributed by atoms with E-state index in [0.29, 0.717) is 6.42 Å². The molecule has 31 heavy (non-hydrogen) atoms. The monoisotopic (exact) mass is 464 g/mol. The topological polar surface area (TPSA) is 90.9 Å². The minimum absolute atomic E-state index is 0.0361. The van der Waals surface area contributed by atoms with Gasteiger partial charge >= 0.3 is 0 Å². The van der Waals surface area contributed by atoms with Gasteiger partial charge in [0, 0.05) is 17.5 Å². The zero-order valence-electron chi connectivity index (χ0n) is 18.0. The van der Waals surface area contributed by atoms with Crippen LogP contribution in [-0.4, -0.2) is 73.4 Å². The summed E-state index contributed by atoms with van der Waals surface area (Å²) in [5.74, 6) is 1.27. The zero-order valence-corrected chi connectivity index (χ0v) is 19.7. The molecular weight excluding hydrogens is 432 g/mol. The van der Waals surface area contributed by atoms with E-state index in [9.17, 15) is 13.2 Å². The van der Waals surface area contributed by atoms with Crippen molar-refractivity contribution in [2.75, 3.05) is 43.0 Å². The van der Waals surface area contributed by atoms with Crippen LogP contribution in [0.1, 0.15) is 31.7 Å². The van der Waals surface area contributed by atoms with Crippen molar-refractivity contribution in [1.82, 2.24) is 10.2 Å². The largest absolute Gasteiger partial charge is 0.356 e. The quantitative estimate of drug-likeness (QED) is 0.601. The Bertz CT molecular complexity index is 909. The van der Waals surface area contributed by atoms with Crippen LogP contribution < -0.4 is 10.6 Å². The van der Waals surface area contributed by atoms with Crippen LogP contribution in [-0.2, 0) is 21.1 Å². The molecule has 0 radical (unpaired) electrons. The summed E-state index contributed by atoms with van der Waals surface area (Å²) in [5, 5.41) is 7.11. The van der Waals surface area contributed by atoms with Crippen molar-refractivity contribution in [2.24, 2.45) is 10.9 Å². The molecule has 7 nitrogen and oxygen atoms in total. The van der Waals surface area contributed by atoms with E-state index in [-0.39, 0.29) is 28.7 Å². The Kier molecular flexibility index (Phi) is 7.23. The number of amidine groups is 1. The molecule has 0 unspecified atom stereocenters. The fourth-order valence-corrected chi connectivity index (χ4v) is 7.99. The van der Waals surface area contributed by atoms with E-state index in [0.717, 1.165) is 41.8 Å². The molecular formula is C22H32N4O3S2. The van der Waals surface area contributed by atoms with Crippen LogP contribution in [0, 0.1) is 5.92 Å². The molecule has 0 aliphatic carbocycles.